The van der Waals surface area contributed by atoms with E-state index in [4.69, 9.17) is 16.0 Å². The van der Waals surface area contributed by atoms with Gasteiger partial charge in [0.25, 0.3) is 0 Å². The molecule has 1 aromatic heterocycles. The van der Waals surface area contributed by atoms with E-state index in [2.05, 4.69) is 24.0 Å². The van der Waals surface area contributed by atoms with Crippen molar-refractivity contribution >= 4 is 17.3 Å². The molecule has 19 heavy (non-hydrogen) atoms. The average molecular weight is 276 g/mol. The largest absolute Gasteiger partial charge is 0.464 e. The number of rotatable bonds is 2. The van der Waals surface area contributed by atoms with Gasteiger partial charge in [0, 0.05) is 18.2 Å². The smallest absolute Gasteiger partial charge is 0.133 e. The fraction of sp³-hybridized carbons (Fsp3) is 0.375. The maximum Gasteiger partial charge on any atom is 0.133 e. The van der Waals surface area contributed by atoms with Crippen molar-refractivity contribution < 1.29 is 4.42 Å². The molecule has 1 aromatic carbocycles. The van der Waals surface area contributed by atoms with Crippen LogP contribution in [0.5, 0.6) is 0 Å². The number of hydrogen-bond acceptors (Lipinski definition) is 2. The Kier molecular flexibility index (Phi) is 3.52. The fourth-order valence-electron chi connectivity index (χ4n) is 2.79. The molecule has 0 N–H and O–H groups in total. The van der Waals surface area contributed by atoms with Crippen LogP contribution in [0.1, 0.15) is 26.2 Å². The van der Waals surface area contributed by atoms with Crippen LogP contribution in [0.4, 0.5) is 5.69 Å². The molecule has 0 radical (unpaired) electrons. The molecule has 0 aliphatic carbocycles. The Morgan fingerprint density at radius 1 is 1.26 bits per heavy atom. The highest BCUT2D eigenvalue weighted by Crippen LogP contribution is 2.34. The standard InChI is InChI=1S/C16H18ClNO/c1-12-5-2-3-9-18(12)15-8-7-13(11-14(15)17)16-6-4-10-19-16/h4,6-8,10-12H,2-3,5,9H2,1H3. The predicted molar refractivity (Wildman–Crippen MR) is 79.8 cm³/mol. The van der Waals surface area contributed by atoms with Crippen LogP contribution in [0.3, 0.4) is 0 Å². The summed E-state index contributed by atoms with van der Waals surface area (Å²) < 4.78 is 5.41. The van der Waals surface area contributed by atoms with E-state index in [0.717, 1.165) is 28.6 Å². The number of halogens is 1. The summed E-state index contributed by atoms with van der Waals surface area (Å²) in [5, 5.41) is 0.808. The van der Waals surface area contributed by atoms with Crippen molar-refractivity contribution in [3.8, 4) is 11.3 Å². The first kappa shape index (κ1) is 12.6. The van der Waals surface area contributed by atoms with E-state index in [-0.39, 0.29) is 0 Å². The molecule has 2 heterocycles. The van der Waals surface area contributed by atoms with Crippen molar-refractivity contribution in [1.29, 1.82) is 0 Å². The number of hydrogen-bond donors (Lipinski definition) is 0. The number of piperidine rings is 1. The van der Waals surface area contributed by atoms with Gasteiger partial charge in [-0.2, -0.15) is 0 Å². The van der Waals surface area contributed by atoms with Crippen LogP contribution in [-0.2, 0) is 0 Å². The van der Waals surface area contributed by atoms with E-state index in [9.17, 15) is 0 Å². The monoisotopic (exact) mass is 275 g/mol. The topological polar surface area (TPSA) is 16.4 Å². The lowest BCUT2D eigenvalue weighted by atomic mass is 10.0. The SMILES string of the molecule is CC1CCCCN1c1ccc(-c2ccco2)cc1Cl. The lowest BCUT2D eigenvalue weighted by molar-refractivity contribution is 0.485. The summed E-state index contributed by atoms with van der Waals surface area (Å²) in [6, 6.07) is 10.6. The first-order chi connectivity index (χ1) is 9.25. The molecule has 1 fully saturated rings. The number of anilines is 1. The van der Waals surface area contributed by atoms with Gasteiger partial charge in [0.15, 0.2) is 0 Å². The second kappa shape index (κ2) is 5.30. The molecular formula is C16H18ClNO. The number of nitrogens with zero attached hydrogens (tertiary/aromatic N) is 1. The van der Waals surface area contributed by atoms with Crippen molar-refractivity contribution in [3.63, 3.8) is 0 Å². The minimum absolute atomic E-state index is 0.570. The second-order valence-corrected chi connectivity index (χ2v) is 5.59. The van der Waals surface area contributed by atoms with Gasteiger partial charge in [-0.1, -0.05) is 11.6 Å². The Balaban J connectivity index is 1.91. The minimum atomic E-state index is 0.570. The van der Waals surface area contributed by atoms with Gasteiger partial charge in [0.05, 0.1) is 17.0 Å². The maximum absolute atomic E-state index is 6.46. The van der Waals surface area contributed by atoms with Crippen LogP contribution in [0.2, 0.25) is 5.02 Å². The Morgan fingerprint density at radius 3 is 2.84 bits per heavy atom. The molecule has 0 saturated carbocycles. The molecule has 3 heteroatoms. The van der Waals surface area contributed by atoms with Crippen molar-refractivity contribution in [2.24, 2.45) is 0 Å². The molecule has 0 bridgehead atoms. The van der Waals surface area contributed by atoms with Gasteiger partial charge < -0.3 is 9.32 Å². The normalized spacial score (nSPS) is 19.7. The molecule has 1 aliphatic rings. The van der Waals surface area contributed by atoms with E-state index in [1.54, 1.807) is 6.26 Å². The lowest BCUT2D eigenvalue weighted by Crippen LogP contribution is -2.37. The van der Waals surface area contributed by atoms with Gasteiger partial charge in [0.1, 0.15) is 5.76 Å². The van der Waals surface area contributed by atoms with Gasteiger partial charge in [0.2, 0.25) is 0 Å². The first-order valence-electron chi connectivity index (χ1n) is 6.86. The minimum Gasteiger partial charge on any atom is -0.464 e. The highest BCUT2D eigenvalue weighted by molar-refractivity contribution is 6.33. The molecule has 1 saturated heterocycles. The van der Waals surface area contributed by atoms with E-state index in [1.807, 2.05) is 18.2 Å². The summed E-state index contributed by atoms with van der Waals surface area (Å²) in [7, 11) is 0. The quantitative estimate of drug-likeness (QED) is 0.769. The van der Waals surface area contributed by atoms with Crippen LogP contribution in [0.15, 0.2) is 41.0 Å². The van der Waals surface area contributed by atoms with E-state index < -0.39 is 0 Å². The summed E-state index contributed by atoms with van der Waals surface area (Å²) in [5.74, 6) is 0.861. The zero-order valence-corrected chi connectivity index (χ0v) is 11.9. The fourth-order valence-corrected chi connectivity index (χ4v) is 3.08. The van der Waals surface area contributed by atoms with Crippen LogP contribution < -0.4 is 4.90 Å². The van der Waals surface area contributed by atoms with Crippen LogP contribution >= 0.6 is 11.6 Å². The Morgan fingerprint density at radius 2 is 2.16 bits per heavy atom. The van der Waals surface area contributed by atoms with Gasteiger partial charge in [-0.15, -0.1) is 0 Å². The summed E-state index contributed by atoms with van der Waals surface area (Å²) in [4.78, 5) is 2.41. The zero-order valence-electron chi connectivity index (χ0n) is 11.1. The average Bonchev–Trinajstić information content (AvgIpc) is 2.94. The van der Waals surface area contributed by atoms with Crippen molar-refractivity contribution in [2.45, 2.75) is 32.2 Å². The highest BCUT2D eigenvalue weighted by Gasteiger charge is 2.20. The third kappa shape index (κ3) is 2.50. The number of benzene rings is 1. The molecule has 1 atom stereocenters. The van der Waals surface area contributed by atoms with Gasteiger partial charge >= 0.3 is 0 Å². The molecule has 2 aromatic rings. The third-order valence-electron chi connectivity index (χ3n) is 3.87. The van der Waals surface area contributed by atoms with E-state index >= 15 is 0 Å². The Bertz CT molecular complexity index is 550. The Labute approximate surface area is 119 Å². The molecule has 100 valence electrons. The van der Waals surface area contributed by atoms with Crippen LogP contribution in [0, 0.1) is 0 Å². The summed E-state index contributed by atoms with van der Waals surface area (Å²) >= 11 is 6.46. The van der Waals surface area contributed by atoms with Gasteiger partial charge in [-0.3, -0.25) is 0 Å². The van der Waals surface area contributed by atoms with E-state index in [0.29, 0.717) is 6.04 Å². The predicted octanol–water partition coefficient (Wildman–Crippen LogP) is 4.98. The Hall–Kier alpha value is -1.41. The number of furan rings is 1. The van der Waals surface area contributed by atoms with Crippen molar-refractivity contribution in [1.82, 2.24) is 0 Å². The molecule has 0 amide bonds. The van der Waals surface area contributed by atoms with Crippen LogP contribution in [-0.4, -0.2) is 12.6 Å². The molecule has 3 rings (SSSR count). The lowest BCUT2D eigenvalue weighted by Gasteiger charge is -2.36. The van der Waals surface area contributed by atoms with Gasteiger partial charge in [-0.05, 0) is 56.5 Å². The molecule has 0 spiro atoms. The molecular weight excluding hydrogens is 258 g/mol. The molecule has 2 nitrogen and oxygen atoms in total. The zero-order chi connectivity index (χ0) is 13.2. The summed E-state index contributed by atoms with van der Waals surface area (Å²) in [6.07, 6.45) is 5.50. The van der Waals surface area contributed by atoms with Crippen LogP contribution in [0.25, 0.3) is 11.3 Å². The highest BCUT2D eigenvalue weighted by atomic mass is 35.5. The second-order valence-electron chi connectivity index (χ2n) is 5.18. The summed E-state index contributed by atoms with van der Waals surface area (Å²) in [5.41, 5.74) is 2.17. The van der Waals surface area contributed by atoms with Gasteiger partial charge in [-0.25, -0.2) is 0 Å². The maximum atomic E-state index is 6.46. The van der Waals surface area contributed by atoms with Crippen molar-refractivity contribution in [3.05, 3.63) is 41.6 Å². The third-order valence-corrected chi connectivity index (χ3v) is 4.17. The first-order valence-corrected chi connectivity index (χ1v) is 7.23. The van der Waals surface area contributed by atoms with Crippen molar-refractivity contribution in [2.75, 3.05) is 11.4 Å². The van der Waals surface area contributed by atoms with E-state index in [1.165, 1.54) is 19.3 Å². The molecule has 1 unspecified atom stereocenters. The molecule has 1 aliphatic heterocycles. The summed E-state index contributed by atoms with van der Waals surface area (Å²) in [6.45, 7) is 3.37.